The lowest BCUT2D eigenvalue weighted by atomic mass is 10.2. The number of hydrogen-bond acceptors (Lipinski definition) is 1. The monoisotopic (exact) mass is 340 g/mol. The fraction of sp³-hybridized carbons (Fsp3) is 0.0714. The molecule has 2 N–H and O–H groups in total. The Hall–Kier alpha value is -1.95. The van der Waals surface area contributed by atoms with Crippen LogP contribution < -0.4 is 10.6 Å². The molecule has 0 unspecified atom stereocenters. The van der Waals surface area contributed by atoms with Crippen LogP contribution in [0.4, 0.5) is 19.3 Å². The van der Waals surface area contributed by atoms with Gasteiger partial charge in [0.1, 0.15) is 11.6 Å². The first-order valence-electron chi connectivity index (χ1n) is 5.79. The van der Waals surface area contributed by atoms with Crippen molar-refractivity contribution in [3.63, 3.8) is 0 Å². The standard InChI is InChI=1S/C14H11BrF2N2O/c15-11-3-1-2-4-13(11)19-14(20)18-8-9-7-10(16)5-6-12(9)17/h1-7H,8H2,(H2,18,19,20). The van der Waals surface area contributed by atoms with E-state index in [1.54, 1.807) is 18.2 Å². The van der Waals surface area contributed by atoms with E-state index < -0.39 is 17.7 Å². The van der Waals surface area contributed by atoms with Gasteiger partial charge in [-0.15, -0.1) is 0 Å². The molecule has 2 aromatic rings. The maximum Gasteiger partial charge on any atom is 0.319 e. The Kier molecular flexibility index (Phi) is 4.68. The summed E-state index contributed by atoms with van der Waals surface area (Å²) in [4.78, 5) is 11.7. The smallest absolute Gasteiger partial charge is 0.319 e. The Bertz CT molecular complexity index is 634. The third kappa shape index (κ3) is 3.77. The summed E-state index contributed by atoms with van der Waals surface area (Å²) in [5, 5.41) is 5.07. The number of carbonyl (C=O) groups is 1. The predicted octanol–water partition coefficient (Wildman–Crippen LogP) is 4.05. The summed E-state index contributed by atoms with van der Waals surface area (Å²) in [6.45, 7) is -0.0973. The number of carbonyl (C=O) groups excluding carboxylic acids is 1. The van der Waals surface area contributed by atoms with E-state index in [2.05, 4.69) is 26.6 Å². The summed E-state index contributed by atoms with van der Waals surface area (Å²) in [6.07, 6.45) is 0. The number of amides is 2. The average Bonchev–Trinajstić information content (AvgIpc) is 2.42. The summed E-state index contributed by atoms with van der Waals surface area (Å²) in [5.41, 5.74) is 0.678. The lowest BCUT2D eigenvalue weighted by Gasteiger charge is -2.09. The van der Waals surface area contributed by atoms with Crippen molar-refractivity contribution in [2.24, 2.45) is 0 Å². The van der Waals surface area contributed by atoms with E-state index in [0.717, 1.165) is 22.7 Å². The minimum Gasteiger partial charge on any atom is -0.334 e. The van der Waals surface area contributed by atoms with Gasteiger partial charge in [-0.3, -0.25) is 0 Å². The molecule has 0 radical (unpaired) electrons. The predicted molar refractivity (Wildman–Crippen MR) is 76.4 cm³/mol. The summed E-state index contributed by atoms with van der Waals surface area (Å²) < 4.78 is 27.1. The molecule has 0 fully saturated rings. The fourth-order valence-electron chi connectivity index (χ4n) is 1.58. The van der Waals surface area contributed by atoms with Gasteiger partial charge < -0.3 is 10.6 Å². The highest BCUT2D eigenvalue weighted by atomic mass is 79.9. The van der Waals surface area contributed by atoms with Crippen molar-refractivity contribution in [3.8, 4) is 0 Å². The molecule has 0 atom stereocenters. The average molecular weight is 341 g/mol. The zero-order valence-electron chi connectivity index (χ0n) is 10.3. The Labute approximate surface area is 123 Å². The van der Waals surface area contributed by atoms with Gasteiger partial charge in [0, 0.05) is 16.6 Å². The highest BCUT2D eigenvalue weighted by molar-refractivity contribution is 9.10. The van der Waals surface area contributed by atoms with Crippen LogP contribution >= 0.6 is 15.9 Å². The van der Waals surface area contributed by atoms with Crippen LogP contribution in [-0.2, 0) is 6.54 Å². The van der Waals surface area contributed by atoms with Gasteiger partial charge in [0.2, 0.25) is 0 Å². The van der Waals surface area contributed by atoms with Crippen molar-refractivity contribution in [2.75, 3.05) is 5.32 Å². The van der Waals surface area contributed by atoms with Crippen molar-refractivity contribution in [1.82, 2.24) is 5.32 Å². The molecular formula is C14H11BrF2N2O. The second kappa shape index (κ2) is 6.47. The van der Waals surface area contributed by atoms with Crippen LogP contribution in [0.3, 0.4) is 0 Å². The molecule has 0 heterocycles. The molecule has 20 heavy (non-hydrogen) atoms. The second-order valence-electron chi connectivity index (χ2n) is 4.02. The Morgan fingerprint density at radius 2 is 1.90 bits per heavy atom. The molecule has 2 amide bonds. The van der Waals surface area contributed by atoms with Crippen LogP contribution in [0, 0.1) is 11.6 Å². The first kappa shape index (κ1) is 14.5. The lowest BCUT2D eigenvalue weighted by molar-refractivity contribution is 0.251. The van der Waals surface area contributed by atoms with E-state index in [1.807, 2.05) is 6.07 Å². The lowest BCUT2D eigenvalue weighted by Crippen LogP contribution is -2.28. The van der Waals surface area contributed by atoms with Gasteiger partial charge in [-0.1, -0.05) is 12.1 Å². The first-order valence-corrected chi connectivity index (χ1v) is 6.59. The van der Waals surface area contributed by atoms with Crippen LogP contribution in [0.5, 0.6) is 0 Å². The highest BCUT2D eigenvalue weighted by Crippen LogP contribution is 2.20. The fourth-order valence-corrected chi connectivity index (χ4v) is 1.97. The Morgan fingerprint density at radius 1 is 1.15 bits per heavy atom. The number of rotatable bonds is 3. The first-order chi connectivity index (χ1) is 9.56. The van der Waals surface area contributed by atoms with Crippen molar-refractivity contribution < 1.29 is 13.6 Å². The molecule has 0 aromatic heterocycles. The minimum atomic E-state index is -0.562. The third-order valence-electron chi connectivity index (χ3n) is 2.57. The number of halogens is 3. The number of para-hydroxylation sites is 1. The molecular weight excluding hydrogens is 330 g/mol. The topological polar surface area (TPSA) is 41.1 Å². The Morgan fingerprint density at radius 3 is 2.65 bits per heavy atom. The van der Waals surface area contributed by atoms with E-state index >= 15 is 0 Å². The molecule has 0 aliphatic carbocycles. The minimum absolute atomic E-state index is 0.0901. The van der Waals surface area contributed by atoms with E-state index in [-0.39, 0.29) is 12.1 Å². The van der Waals surface area contributed by atoms with Crippen LogP contribution in [-0.4, -0.2) is 6.03 Å². The number of anilines is 1. The molecule has 0 spiro atoms. The van der Waals surface area contributed by atoms with Crippen LogP contribution in [0.1, 0.15) is 5.56 Å². The molecule has 0 aliphatic heterocycles. The maximum atomic E-state index is 13.4. The van der Waals surface area contributed by atoms with E-state index in [9.17, 15) is 13.6 Å². The number of urea groups is 1. The van der Waals surface area contributed by atoms with Gasteiger partial charge in [-0.05, 0) is 46.3 Å². The largest absolute Gasteiger partial charge is 0.334 e. The summed E-state index contributed by atoms with van der Waals surface area (Å²) >= 11 is 3.29. The summed E-state index contributed by atoms with van der Waals surface area (Å²) in [7, 11) is 0. The normalized spacial score (nSPS) is 10.2. The molecule has 2 aromatic carbocycles. The molecule has 0 bridgehead atoms. The quantitative estimate of drug-likeness (QED) is 0.869. The zero-order valence-corrected chi connectivity index (χ0v) is 11.9. The summed E-state index contributed by atoms with van der Waals surface area (Å²) in [6, 6.07) is 9.68. The van der Waals surface area contributed by atoms with Crippen LogP contribution in [0.2, 0.25) is 0 Å². The van der Waals surface area contributed by atoms with Crippen molar-refractivity contribution in [1.29, 1.82) is 0 Å². The number of benzene rings is 2. The van der Waals surface area contributed by atoms with Crippen LogP contribution in [0.15, 0.2) is 46.9 Å². The second-order valence-corrected chi connectivity index (χ2v) is 4.88. The molecule has 3 nitrogen and oxygen atoms in total. The molecule has 104 valence electrons. The van der Waals surface area contributed by atoms with Gasteiger partial charge in [-0.2, -0.15) is 0 Å². The maximum absolute atomic E-state index is 13.4. The van der Waals surface area contributed by atoms with Crippen molar-refractivity contribution in [2.45, 2.75) is 6.54 Å². The molecule has 6 heteroatoms. The van der Waals surface area contributed by atoms with E-state index in [0.29, 0.717) is 5.69 Å². The van der Waals surface area contributed by atoms with Gasteiger partial charge >= 0.3 is 6.03 Å². The highest BCUT2D eigenvalue weighted by Gasteiger charge is 2.07. The van der Waals surface area contributed by atoms with Gasteiger partial charge in [-0.25, -0.2) is 13.6 Å². The SMILES string of the molecule is O=C(NCc1cc(F)ccc1F)Nc1ccccc1Br. The van der Waals surface area contributed by atoms with Crippen molar-refractivity contribution >= 4 is 27.6 Å². The van der Waals surface area contributed by atoms with Gasteiger partial charge in [0.25, 0.3) is 0 Å². The van der Waals surface area contributed by atoms with Crippen LogP contribution in [0.25, 0.3) is 0 Å². The Balaban J connectivity index is 1.96. The summed E-state index contributed by atoms with van der Waals surface area (Å²) in [5.74, 6) is -1.11. The molecule has 0 saturated carbocycles. The molecule has 0 saturated heterocycles. The zero-order chi connectivity index (χ0) is 14.5. The molecule has 0 aliphatic rings. The van der Waals surface area contributed by atoms with Crippen molar-refractivity contribution in [3.05, 3.63) is 64.1 Å². The van der Waals surface area contributed by atoms with Gasteiger partial charge in [0.05, 0.1) is 5.69 Å². The van der Waals surface area contributed by atoms with Gasteiger partial charge in [0.15, 0.2) is 0 Å². The third-order valence-corrected chi connectivity index (χ3v) is 3.26. The number of nitrogens with one attached hydrogen (secondary N) is 2. The van der Waals surface area contributed by atoms with E-state index in [4.69, 9.17) is 0 Å². The molecule has 2 rings (SSSR count). The number of hydrogen-bond donors (Lipinski definition) is 2. The van der Waals surface area contributed by atoms with E-state index in [1.165, 1.54) is 0 Å².